The molecule has 4 rings (SSSR count). The highest BCUT2D eigenvalue weighted by Crippen LogP contribution is 2.30. The van der Waals surface area contributed by atoms with Crippen LogP contribution >= 0.6 is 0 Å². The molecule has 29 heavy (non-hydrogen) atoms. The Kier molecular flexibility index (Phi) is 4.59. The van der Waals surface area contributed by atoms with Gasteiger partial charge in [0.1, 0.15) is 0 Å². The predicted octanol–water partition coefficient (Wildman–Crippen LogP) is 2.65. The molecule has 4 amide bonds. The van der Waals surface area contributed by atoms with Crippen molar-refractivity contribution in [1.29, 1.82) is 0 Å². The highest BCUT2D eigenvalue weighted by Gasteiger charge is 2.36. The van der Waals surface area contributed by atoms with E-state index in [1.54, 1.807) is 22.7 Å². The van der Waals surface area contributed by atoms with E-state index < -0.39 is 23.5 Å². The third-order valence-electron chi connectivity index (χ3n) is 5.18. The third kappa shape index (κ3) is 3.26. The van der Waals surface area contributed by atoms with Crippen LogP contribution < -0.4 is 15.5 Å². The van der Waals surface area contributed by atoms with Crippen LogP contribution in [-0.4, -0.2) is 45.4 Å². The third-order valence-corrected chi connectivity index (χ3v) is 5.18. The van der Waals surface area contributed by atoms with Crippen molar-refractivity contribution < 1.29 is 22.8 Å². The van der Waals surface area contributed by atoms with E-state index in [0.717, 1.165) is 12.1 Å². The molecule has 1 saturated heterocycles. The summed E-state index contributed by atoms with van der Waals surface area (Å²) >= 11 is 0. The van der Waals surface area contributed by atoms with Crippen molar-refractivity contribution in [1.82, 2.24) is 20.0 Å². The first-order chi connectivity index (χ1) is 13.8. The number of nitrogens with one attached hydrogen (secondary N) is 2. The van der Waals surface area contributed by atoms with E-state index in [-0.39, 0.29) is 30.3 Å². The molecule has 1 aromatic carbocycles. The molecule has 1 aromatic heterocycles. The van der Waals surface area contributed by atoms with Gasteiger partial charge in [-0.25, -0.2) is 22.8 Å². The highest BCUT2D eigenvalue weighted by atomic mass is 19.2. The number of fused-ring (bicyclic) bond motifs is 1. The van der Waals surface area contributed by atoms with Gasteiger partial charge in [-0.05, 0) is 13.8 Å². The van der Waals surface area contributed by atoms with E-state index in [9.17, 15) is 22.8 Å². The smallest absolute Gasteiger partial charge is 0.322 e. The van der Waals surface area contributed by atoms with E-state index >= 15 is 0 Å². The molecule has 0 spiro atoms. The Bertz CT molecular complexity index is 971. The molecule has 2 aliphatic heterocycles. The number of urea groups is 2. The van der Waals surface area contributed by atoms with Crippen LogP contribution in [0.25, 0.3) is 0 Å². The van der Waals surface area contributed by atoms with Gasteiger partial charge in [0.25, 0.3) is 0 Å². The quantitative estimate of drug-likeness (QED) is 0.750. The number of hydrogen-bond donors (Lipinski definition) is 2. The first-order valence-corrected chi connectivity index (χ1v) is 9.10. The van der Waals surface area contributed by atoms with Gasteiger partial charge in [-0.1, -0.05) is 0 Å². The minimum atomic E-state index is -1.60. The molecule has 0 saturated carbocycles. The summed E-state index contributed by atoms with van der Waals surface area (Å²) in [5, 5.41) is 9.49. The Morgan fingerprint density at radius 2 is 1.90 bits per heavy atom. The summed E-state index contributed by atoms with van der Waals surface area (Å²) in [7, 11) is 0. The number of amides is 4. The van der Waals surface area contributed by atoms with Gasteiger partial charge in [-0.2, -0.15) is 5.10 Å². The van der Waals surface area contributed by atoms with Crippen LogP contribution in [0.1, 0.15) is 19.5 Å². The number of carbonyl (C=O) groups excluding carboxylic acids is 2. The Morgan fingerprint density at radius 1 is 1.21 bits per heavy atom. The maximum Gasteiger partial charge on any atom is 0.322 e. The summed E-state index contributed by atoms with van der Waals surface area (Å²) < 4.78 is 41.7. The summed E-state index contributed by atoms with van der Waals surface area (Å²) in [4.78, 5) is 28.0. The molecule has 2 aromatic rings. The van der Waals surface area contributed by atoms with Crippen LogP contribution in [0.5, 0.6) is 0 Å². The zero-order chi connectivity index (χ0) is 20.9. The summed E-state index contributed by atoms with van der Waals surface area (Å²) in [6.45, 7) is 4.74. The lowest BCUT2D eigenvalue weighted by atomic mass is 10.1. The van der Waals surface area contributed by atoms with E-state index in [0.29, 0.717) is 24.5 Å². The maximum atomic E-state index is 13.4. The number of rotatable bonds is 2. The molecular weight excluding hydrogens is 389 g/mol. The van der Waals surface area contributed by atoms with Crippen LogP contribution in [0.15, 0.2) is 18.3 Å². The van der Waals surface area contributed by atoms with Crippen molar-refractivity contribution >= 4 is 23.4 Å². The number of halogens is 3. The number of aromatic nitrogens is 2. The van der Waals surface area contributed by atoms with Crippen molar-refractivity contribution in [2.75, 3.05) is 16.8 Å². The van der Waals surface area contributed by atoms with Crippen LogP contribution in [0.3, 0.4) is 0 Å². The van der Waals surface area contributed by atoms with Gasteiger partial charge in [0.2, 0.25) is 0 Å². The van der Waals surface area contributed by atoms with Crippen LogP contribution in [0, 0.1) is 17.5 Å². The molecule has 1 fully saturated rings. The van der Waals surface area contributed by atoms with Crippen LogP contribution in [0.2, 0.25) is 0 Å². The number of nitrogens with zero attached hydrogens (tertiary/aromatic N) is 4. The molecule has 0 bridgehead atoms. The molecule has 0 radical (unpaired) electrons. The normalized spacial score (nSPS) is 21.2. The Labute approximate surface area is 164 Å². The summed E-state index contributed by atoms with van der Waals surface area (Å²) in [6.07, 6.45) is 1.59. The standard InChI is InChI=1S/C18H19F3N6O2/c1-9-5-22-17(28)27(9)14-6-23-26-7-10(2)25(8-15(14)26)18(29)24-11-3-12(19)16(21)13(20)4-11/h3-4,6,9-10H,5,7-8H2,1-2H3,(H,22,28)(H,24,29)/t9-,10-/m0/s1. The fourth-order valence-corrected chi connectivity index (χ4v) is 3.64. The van der Waals surface area contributed by atoms with Gasteiger partial charge in [0.05, 0.1) is 42.8 Å². The predicted molar refractivity (Wildman–Crippen MR) is 97.9 cm³/mol. The minimum absolute atomic E-state index is 0.0665. The molecule has 2 aliphatic rings. The van der Waals surface area contributed by atoms with Gasteiger partial charge >= 0.3 is 12.1 Å². The first-order valence-electron chi connectivity index (χ1n) is 9.10. The SMILES string of the molecule is C[C@H]1Cn2ncc(N3C(=O)NC[C@@H]3C)c2CN1C(=O)Nc1cc(F)c(F)c(F)c1. The lowest BCUT2D eigenvalue weighted by Crippen LogP contribution is -2.47. The second-order valence-electron chi connectivity index (χ2n) is 7.22. The molecular formula is C18H19F3N6O2. The molecule has 11 heteroatoms. The summed E-state index contributed by atoms with van der Waals surface area (Å²) in [5.41, 5.74) is 1.10. The van der Waals surface area contributed by atoms with Gasteiger partial charge in [0, 0.05) is 24.4 Å². The number of benzene rings is 1. The Balaban J connectivity index is 1.57. The van der Waals surface area contributed by atoms with Crippen LogP contribution in [-0.2, 0) is 13.1 Å². The zero-order valence-corrected chi connectivity index (χ0v) is 15.7. The topological polar surface area (TPSA) is 82.5 Å². The minimum Gasteiger partial charge on any atom is -0.336 e. The van der Waals surface area contributed by atoms with E-state index in [2.05, 4.69) is 15.7 Å². The molecule has 0 unspecified atom stereocenters. The Hall–Kier alpha value is -3.24. The van der Waals surface area contributed by atoms with Gasteiger partial charge in [-0.3, -0.25) is 9.58 Å². The monoisotopic (exact) mass is 408 g/mol. The van der Waals surface area contributed by atoms with Gasteiger partial charge in [-0.15, -0.1) is 0 Å². The van der Waals surface area contributed by atoms with Crippen molar-refractivity contribution in [3.63, 3.8) is 0 Å². The number of anilines is 2. The molecule has 2 atom stereocenters. The lowest BCUT2D eigenvalue weighted by molar-refractivity contribution is 0.161. The van der Waals surface area contributed by atoms with Crippen molar-refractivity contribution in [2.45, 2.75) is 39.0 Å². The molecule has 8 nitrogen and oxygen atoms in total. The number of carbonyl (C=O) groups is 2. The average molecular weight is 408 g/mol. The summed E-state index contributed by atoms with van der Waals surface area (Å²) in [6, 6.07) is 0.270. The fraction of sp³-hybridized carbons (Fsp3) is 0.389. The number of hydrogen-bond acceptors (Lipinski definition) is 3. The molecule has 154 valence electrons. The maximum absolute atomic E-state index is 13.4. The van der Waals surface area contributed by atoms with E-state index in [4.69, 9.17) is 0 Å². The van der Waals surface area contributed by atoms with Crippen molar-refractivity contribution in [2.24, 2.45) is 0 Å². The van der Waals surface area contributed by atoms with Gasteiger partial charge in [0.15, 0.2) is 17.5 Å². The highest BCUT2D eigenvalue weighted by molar-refractivity contribution is 5.95. The molecule has 0 aliphatic carbocycles. The second kappa shape index (κ2) is 6.98. The summed E-state index contributed by atoms with van der Waals surface area (Å²) in [5.74, 6) is -4.37. The van der Waals surface area contributed by atoms with E-state index in [1.807, 2.05) is 6.92 Å². The lowest BCUT2D eigenvalue weighted by Gasteiger charge is -2.35. The zero-order valence-electron chi connectivity index (χ0n) is 15.7. The van der Waals surface area contributed by atoms with Crippen molar-refractivity contribution in [3.05, 3.63) is 41.5 Å². The fourth-order valence-electron chi connectivity index (χ4n) is 3.64. The van der Waals surface area contributed by atoms with E-state index in [1.165, 1.54) is 4.90 Å². The average Bonchev–Trinajstić information content (AvgIpc) is 3.20. The molecule has 2 N–H and O–H groups in total. The van der Waals surface area contributed by atoms with Crippen LogP contribution in [0.4, 0.5) is 34.1 Å². The largest absolute Gasteiger partial charge is 0.336 e. The molecule has 3 heterocycles. The van der Waals surface area contributed by atoms with Gasteiger partial charge < -0.3 is 15.5 Å². The van der Waals surface area contributed by atoms with Crippen molar-refractivity contribution in [3.8, 4) is 0 Å². The second-order valence-corrected chi connectivity index (χ2v) is 7.22. The Morgan fingerprint density at radius 3 is 2.52 bits per heavy atom. The first kappa shape index (κ1) is 19.1.